The van der Waals surface area contributed by atoms with Crippen LogP contribution in [0.3, 0.4) is 0 Å². The van der Waals surface area contributed by atoms with E-state index in [0.717, 1.165) is 0 Å². The SMILES string of the molecule is Cc1ccc(-c2cn3nc(C(=O)N[C@H](CCO)c4ccc(F)cc4)c(C)c3c(=O)[nH]2)cc1F. The number of aromatic amines is 1. The summed E-state index contributed by atoms with van der Waals surface area (Å²) in [6, 6.07) is 9.65. The van der Waals surface area contributed by atoms with Gasteiger partial charge in [0.25, 0.3) is 11.5 Å². The minimum atomic E-state index is -0.573. The highest BCUT2D eigenvalue weighted by Crippen LogP contribution is 2.22. The number of nitrogens with zero attached hydrogens (tertiary/aromatic N) is 2. The molecule has 4 rings (SSSR count). The van der Waals surface area contributed by atoms with Gasteiger partial charge in [0, 0.05) is 17.7 Å². The van der Waals surface area contributed by atoms with Gasteiger partial charge in [-0.15, -0.1) is 0 Å². The van der Waals surface area contributed by atoms with Crippen molar-refractivity contribution in [1.29, 1.82) is 0 Å². The molecule has 0 spiro atoms. The van der Waals surface area contributed by atoms with Crippen molar-refractivity contribution in [1.82, 2.24) is 19.9 Å². The van der Waals surface area contributed by atoms with E-state index in [0.29, 0.717) is 27.9 Å². The molecule has 3 N–H and O–H groups in total. The van der Waals surface area contributed by atoms with Gasteiger partial charge in [-0.1, -0.05) is 24.3 Å². The molecule has 0 bridgehead atoms. The highest BCUT2D eigenvalue weighted by molar-refractivity contribution is 5.95. The molecule has 2 aromatic heterocycles. The first kappa shape index (κ1) is 22.3. The average molecular weight is 452 g/mol. The molecule has 0 saturated carbocycles. The summed E-state index contributed by atoms with van der Waals surface area (Å²) < 4.78 is 28.6. The van der Waals surface area contributed by atoms with Crippen LogP contribution in [0.4, 0.5) is 8.78 Å². The molecular weight excluding hydrogens is 430 g/mol. The van der Waals surface area contributed by atoms with Crippen molar-refractivity contribution < 1.29 is 18.7 Å². The molecule has 1 atom stereocenters. The Labute approximate surface area is 187 Å². The van der Waals surface area contributed by atoms with E-state index in [1.54, 1.807) is 26.0 Å². The first-order chi connectivity index (χ1) is 15.8. The van der Waals surface area contributed by atoms with Gasteiger partial charge in [-0.25, -0.2) is 13.3 Å². The Balaban J connectivity index is 1.70. The van der Waals surface area contributed by atoms with Crippen LogP contribution in [0.2, 0.25) is 0 Å². The monoisotopic (exact) mass is 452 g/mol. The fourth-order valence-electron chi connectivity index (χ4n) is 3.72. The number of benzene rings is 2. The van der Waals surface area contributed by atoms with E-state index in [9.17, 15) is 23.5 Å². The van der Waals surface area contributed by atoms with E-state index in [2.05, 4.69) is 15.4 Å². The van der Waals surface area contributed by atoms with Crippen molar-refractivity contribution in [3.05, 3.63) is 93.0 Å². The van der Waals surface area contributed by atoms with Gasteiger partial charge in [0.05, 0.1) is 17.9 Å². The maximum atomic E-state index is 14.0. The van der Waals surface area contributed by atoms with Gasteiger partial charge < -0.3 is 15.4 Å². The second kappa shape index (κ2) is 8.95. The Morgan fingerprint density at radius 3 is 2.58 bits per heavy atom. The Kier molecular flexibility index (Phi) is 6.06. The van der Waals surface area contributed by atoms with E-state index < -0.39 is 29.1 Å². The van der Waals surface area contributed by atoms with Crippen LogP contribution in [0.15, 0.2) is 53.5 Å². The molecule has 0 aliphatic carbocycles. The molecule has 7 nitrogen and oxygen atoms in total. The third-order valence-electron chi connectivity index (χ3n) is 5.56. The van der Waals surface area contributed by atoms with E-state index in [4.69, 9.17) is 0 Å². The molecule has 33 heavy (non-hydrogen) atoms. The van der Waals surface area contributed by atoms with Crippen LogP contribution in [-0.4, -0.2) is 32.2 Å². The average Bonchev–Trinajstić information content (AvgIpc) is 3.13. The predicted molar refractivity (Wildman–Crippen MR) is 119 cm³/mol. The minimum absolute atomic E-state index is 0.0396. The molecule has 4 aromatic rings. The number of carbonyl (C=O) groups is 1. The normalized spacial score (nSPS) is 12.2. The first-order valence-electron chi connectivity index (χ1n) is 10.3. The number of amides is 1. The van der Waals surface area contributed by atoms with Crippen LogP contribution < -0.4 is 10.9 Å². The Bertz CT molecular complexity index is 1390. The van der Waals surface area contributed by atoms with Gasteiger partial charge in [0.1, 0.15) is 17.2 Å². The van der Waals surface area contributed by atoms with E-state index in [1.165, 1.54) is 41.0 Å². The third kappa shape index (κ3) is 4.40. The van der Waals surface area contributed by atoms with Crippen LogP contribution in [-0.2, 0) is 0 Å². The van der Waals surface area contributed by atoms with Gasteiger partial charge in [-0.05, 0) is 49.6 Å². The van der Waals surface area contributed by atoms with Gasteiger partial charge >= 0.3 is 0 Å². The Hall–Kier alpha value is -3.85. The number of aliphatic hydroxyl groups is 1. The number of H-pyrrole nitrogens is 1. The van der Waals surface area contributed by atoms with Crippen LogP contribution in [0.1, 0.15) is 39.6 Å². The zero-order chi connectivity index (χ0) is 23.7. The molecule has 2 heterocycles. The van der Waals surface area contributed by atoms with Gasteiger partial charge in [0.15, 0.2) is 5.69 Å². The summed E-state index contributed by atoms with van der Waals surface area (Å²) in [5.74, 6) is -1.35. The molecule has 0 radical (unpaired) electrons. The fraction of sp³-hybridized carbons (Fsp3) is 0.208. The number of nitrogens with one attached hydrogen (secondary N) is 2. The number of aromatic nitrogens is 3. The lowest BCUT2D eigenvalue weighted by Crippen LogP contribution is -2.30. The van der Waals surface area contributed by atoms with Crippen LogP contribution >= 0.6 is 0 Å². The topological polar surface area (TPSA) is 99.5 Å². The summed E-state index contributed by atoms with van der Waals surface area (Å²) in [6.07, 6.45) is 1.74. The van der Waals surface area contributed by atoms with Crippen molar-refractivity contribution in [3.63, 3.8) is 0 Å². The molecule has 170 valence electrons. The number of hydrogen-bond acceptors (Lipinski definition) is 4. The molecule has 2 aromatic carbocycles. The smallest absolute Gasteiger partial charge is 0.274 e. The molecule has 0 aliphatic heterocycles. The summed E-state index contributed by atoms with van der Waals surface area (Å²) in [5, 5.41) is 16.5. The van der Waals surface area contributed by atoms with Gasteiger partial charge in [0.2, 0.25) is 0 Å². The largest absolute Gasteiger partial charge is 0.396 e. The quantitative estimate of drug-likeness (QED) is 0.417. The van der Waals surface area contributed by atoms with Crippen LogP contribution in [0.25, 0.3) is 16.8 Å². The Morgan fingerprint density at radius 1 is 1.18 bits per heavy atom. The molecule has 1 amide bonds. The zero-order valence-electron chi connectivity index (χ0n) is 18.0. The molecule has 9 heteroatoms. The fourth-order valence-corrected chi connectivity index (χ4v) is 3.72. The van der Waals surface area contributed by atoms with Crippen molar-refractivity contribution in [2.45, 2.75) is 26.3 Å². The molecular formula is C24H22F2N4O3. The molecule has 0 unspecified atom stereocenters. The third-order valence-corrected chi connectivity index (χ3v) is 5.56. The molecule has 0 fully saturated rings. The van der Waals surface area contributed by atoms with Crippen molar-refractivity contribution >= 4 is 11.4 Å². The lowest BCUT2D eigenvalue weighted by Gasteiger charge is -2.18. The number of aliphatic hydroxyl groups excluding tert-OH is 1. The highest BCUT2D eigenvalue weighted by Gasteiger charge is 2.22. The predicted octanol–water partition coefficient (Wildman–Crippen LogP) is 3.44. The molecule has 0 saturated heterocycles. The van der Waals surface area contributed by atoms with Gasteiger partial charge in [-0.3, -0.25) is 9.59 Å². The van der Waals surface area contributed by atoms with E-state index in [-0.39, 0.29) is 24.2 Å². The summed E-state index contributed by atoms with van der Waals surface area (Å²) in [5.41, 5.74) is 2.06. The number of carbonyl (C=O) groups excluding carboxylic acids is 1. The number of aryl methyl sites for hydroxylation is 2. The maximum Gasteiger partial charge on any atom is 0.274 e. The second-order valence-corrected chi connectivity index (χ2v) is 7.82. The maximum absolute atomic E-state index is 14.0. The lowest BCUT2D eigenvalue weighted by molar-refractivity contribution is 0.0924. The van der Waals surface area contributed by atoms with Crippen molar-refractivity contribution in [3.8, 4) is 11.3 Å². The summed E-state index contributed by atoms with van der Waals surface area (Å²) in [4.78, 5) is 28.5. The van der Waals surface area contributed by atoms with Gasteiger partial charge in [-0.2, -0.15) is 5.10 Å². The van der Waals surface area contributed by atoms with E-state index >= 15 is 0 Å². The first-order valence-corrected chi connectivity index (χ1v) is 10.3. The number of fused-ring (bicyclic) bond motifs is 1. The standard InChI is InChI=1S/C24H22F2N4O3/c1-13-3-4-16(11-18(13)26)20-12-30-22(24(33)28-20)14(2)21(29-30)23(32)27-19(9-10-31)15-5-7-17(25)8-6-15/h3-8,11-12,19,31H,9-10H2,1-2H3,(H,27,32)(H,28,33)/t19-/m1/s1. The number of hydrogen-bond donors (Lipinski definition) is 3. The zero-order valence-corrected chi connectivity index (χ0v) is 18.0. The van der Waals surface area contributed by atoms with Crippen LogP contribution in [0, 0.1) is 25.5 Å². The van der Waals surface area contributed by atoms with E-state index in [1.807, 2.05) is 0 Å². The molecule has 0 aliphatic rings. The summed E-state index contributed by atoms with van der Waals surface area (Å²) >= 11 is 0. The second-order valence-electron chi connectivity index (χ2n) is 7.82. The highest BCUT2D eigenvalue weighted by atomic mass is 19.1. The summed E-state index contributed by atoms with van der Waals surface area (Å²) in [7, 11) is 0. The number of halogens is 2. The summed E-state index contributed by atoms with van der Waals surface area (Å²) in [6.45, 7) is 3.06. The van der Waals surface area contributed by atoms with Crippen LogP contribution in [0.5, 0.6) is 0 Å². The minimum Gasteiger partial charge on any atom is -0.396 e. The number of rotatable bonds is 6. The van der Waals surface area contributed by atoms with Crippen molar-refractivity contribution in [2.24, 2.45) is 0 Å². The Morgan fingerprint density at radius 2 is 1.91 bits per heavy atom. The van der Waals surface area contributed by atoms with Crippen molar-refractivity contribution in [2.75, 3.05) is 6.61 Å². The lowest BCUT2D eigenvalue weighted by atomic mass is 10.0.